The number of nitrogens with one attached hydrogen (secondary N) is 1. The molecule has 4 nitrogen and oxygen atoms in total. The largest absolute Gasteiger partial charge is 0.329 e. The van der Waals surface area contributed by atoms with Crippen LogP contribution in [-0.4, -0.2) is 38.7 Å². The molecule has 0 atom stereocenters. The summed E-state index contributed by atoms with van der Waals surface area (Å²) in [6.45, 7) is 0. The Balaban J connectivity index is 2.66. The fourth-order valence-corrected chi connectivity index (χ4v) is 2.49. The van der Waals surface area contributed by atoms with Gasteiger partial charge in [-0.1, -0.05) is 23.5 Å². The minimum absolute atomic E-state index is 0.753. The van der Waals surface area contributed by atoms with Gasteiger partial charge in [-0.05, 0) is 18.8 Å². The van der Waals surface area contributed by atoms with Crippen LogP contribution < -0.4 is 0 Å². The minimum Gasteiger partial charge on any atom is -0.329 e. The van der Waals surface area contributed by atoms with Gasteiger partial charge in [-0.3, -0.25) is 0 Å². The zero-order chi connectivity index (χ0) is 10.8. The molecule has 0 unspecified atom stereocenters. The molecule has 7 heteroatoms. The molecule has 0 aliphatic heterocycles. The molecule has 0 radical (unpaired) electrons. The highest BCUT2D eigenvalue weighted by Crippen LogP contribution is 2.26. The summed E-state index contributed by atoms with van der Waals surface area (Å²) < 4.78 is 0. The predicted octanol–water partition coefficient (Wildman–Crippen LogP) is 2.52. The van der Waals surface area contributed by atoms with Crippen molar-refractivity contribution in [2.45, 2.75) is 15.3 Å². The highest BCUT2D eigenvalue weighted by Gasteiger charge is 2.11. The molecule has 0 aromatic carbocycles. The monoisotopic (exact) mass is 258 g/mol. The molecule has 0 saturated heterocycles. The second-order valence-corrected chi connectivity index (χ2v) is 5.03. The maximum atomic E-state index is 4.42. The van der Waals surface area contributed by atoms with Crippen LogP contribution in [0.5, 0.6) is 0 Å². The van der Waals surface area contributed by atoms with E-state index in [9.17, 15) is 0 Å². The van der Waals surface area contributed by atoms with E-state index in [2.05, 4.69) is 19.9 Å². The van der Waals surface area contributed by atoms with Gasteiger partial charge in [0.25, 0.3) is 0 Å². The van der Waals surface area contributed by atoms with E-state index in [1.807, 2.05) is 18.8 Å². The van der Waals surface area contributed by atoms with Gasteiger partial charge in [-0.15, -0.1) is 11.8 Å². The number of hydrogen-bond acceptors (Lipinski definition) is 6. The Kier molecular flexibility index (Phi) is 3.42. The number of fused-ring (bicyclic) bond motifs is 1. The third kappa shape index (κ3) is 2.09. The van der Waals surface area contributed by atoms with Gasteiger partial charge < -0.3 is 4.98 Å². The Labute approximate surface area is 100 Å². The smallest absolute Gasteiger partial charge is 0.190 e. The second-order valence-electron chi connectivity index (χ2n) is 2.66. The summed E-state index contributed by atoms with van der Waals surface area (Å²) in [5.41, 5.74) is 1.69. The molecule has 2 aromatic heterocycles. The van der Waals surface area contributed by atoms with E-state index in [0.29, 0.717) is 0 Å². The van der Waals surface area contributed by atoms with Crippen LogP contribution in [0.4, 0.5) is 0 Å². The zero-order valence-corrected chi connectivity index (χ0v) is 11.0. The van der Waals surface area contributed by atoms with E-state index >= 15 is 0 Å². The fraction of sp³-hybridized carbons (Fsp3) is 0.375. The van der Waals surface area contributed by atoms with Gasteiger partial charge in [0.05, 0.1) is 0 Å². The molecule has 1 N–H and O–H groups in total. The van der Waals surface area contributed by atoms with Crippen LogP contribution in [0.1, 0.15) is 0 Å². The number of nitrogens with zero attached hydrogens (tertiary/aromatic N) is 3. The van der Waals surface area contributed by atoms with Crippen molar-refractivity contribution in [3.05, 3.63) is 0 Å². The molecule has 0 spiro atoms. The first-order valence-corrected chi connectivity index (χ1v) is 7.85. The topological polar surface area (TPSA) is 54.5 Å². The van der Waals surface area contributed by atoms with Crippen molar-refractivity contribution in [2.24, 2.45) is 0 Å². The fourth-order valence-electron chi connectivity index (χ4n) is 1.17. The number of aromatic amines is 1. The van der Waals surface area contributed by atoms with Crippen molar-refractivity contribution in [1.29, 1.82) is 0 Å². The van der Waals surface area contributed by atoms with Crippen molar-refractivity contribution in [2.75, 3.05) is 18.8 Å². The lowest BCUT2D eigenvalue weighted by molar-refractivity contribution is 0.926. The third-order valence-electron chi connectivity index (χ3n) is 1.84. The van der Waals surface area contributed by atoms with E-state index in [1.54, 1.807) is 23.5 Å². The van der Waals surface area contributed by atoms with Crippen LogP contribution in [0, 0.1) is 0 Å². The van der Waals surface area contributed by atoms with E-state index in [0.717, 1.165) is 26.5 Å². The molecule has 2 heterocycles. The molecule has 0 aliphatic rings. The van der Waals surface area contributed by atoms with Crippen molar-refractivity contribution in [1.82, 2.24) is 19.9 Å². The SMILES string of the molecule is CSc1nc(SC)c2[nH]c(SC)nc2n1. The lowest BCUT2D eigenvalue weighted by Crippen LogP contribution is -1.90. The van der Waals surface area contributed by atoms with Crippen LogP contribution in [0.3, 0.4) is 0 Å². The molecule has 80 valence electrons. The average molecular weight is 258 g/mol. The summed E-state index contributed by atoms with van der Waals surface area (Å²) in [5.74, 6) is 0. The highest BCUT2D eigenvalue weighted by atomic mass is 32.2. The predicted molar refractivity (Wildman–Crippen MR) is 67.0 cm³/mol. The number of imidazole rings is 1. The third-order valence-corrected chi connectivity index (χ3v) is 3.65. The van der Waals surface area contributed by atoms with E-state index < -0.39 is 0 Å². The first-order valence-electron chi connectivity index (χ1n) is 4.18. The van der Waals surface area contributed by atoms with Gasteiger partial charge in [-0.2, -0.15) is 0 Å². The molecule has 15 heavy (non-hydrogen) atoms. The molecule has 0 bridgehead atoms. The summed E-state index contributed by atoms with van der Waals surface area (Å²) in [4.78, 5) is 16.4. The molecular formula is C8H10N4S3. The maximum absolute atomic E-state index is 4.42. The molecule has 0 aliphatic carbocycles. The van der Waals surface area contributed by atoms with Gasteiger partial charge in [0, 0.05) is 0 Å². The Morgan fingerprint density at radius 1 is 0.933 bits per heavy atom. The van der Waals surface area contributed by atoms with E-state index in [1.165, 1.54) is 11.8 Å². The summed E-state index contributed by atoms with van der Waals surface area (Å²) in [6, 6.07) is 0. The number of aromatic nitrogens is 4. The second kappa shape index (κ2) is 4.63. The number of H-pyrrole nitrogens is 1. The van der Waals surface area contributed by atoms with Crippen LogP contribution in [0.15, 0.2) is 15.3 Å². The van der Waals surface area contributed by atoms with Crippen LogP contribution >= 0.6 is 35.3 Å². The van der Waals surface area contributed by atoms with Crippen LogP contribution in [-0.2, 0) is 0 Å². The summed E-state index contributed by atoms with van der Waals surface area (Å²) in [7, 11) is 0. The van der Waals surface area contributed by atoms with Gasteiger partial charge in [0.1, 0.15) is 10.5 Å². The maximum Gasteiger partial charge on any atom is 0.190 e. The van der Waals surface area contributed by atoms with E-state index in [-0.39, 0.29) is 0 Å². The Bertz CT molecular complexity index is 482. The van der Waals surface area contributed by atoms with Gasteiger partial charge >= 0.3 is 0 Å². The normalized spacial score (nSPS) is 11.1. The number of thioether (sulfide) groups is 3. The molecule has 0 saturated carbocycles. The summed E-state index contributed by atoms with van der Waals surface area (Å²) in [6.07, 6.45) is 5.96. The summed E-state index contributed by atoms with van der Waals surface area (Å²) in [5, 5.41) is 2.61. The lowest BCUT2D eigenvalue weighted by Gasteiger charge is -1.99. The van der Waals surface area contributed by atoms with Crippen molar-refractivity contribution >= 4 is 46.4 Å². The van der Waals surface area contributed by atoms with Crippen molar-refractivity contribution < 1.29 is 0 Å². The Hall–Kier alpha value is -0.400. The lowest BCUT2D eigenvalue weighted by atomic mass is 10.6. The molecule has 2 rings (SSSR count). The summed E-state index contributed by atoms with van der Waals surface area (Å²) >= 11 is 4.72. The van der Waals surface area contributed by atoms with Crippen molar-refractivity contribution in [3.8, 4) is 0 Å². The average Bonchev–Trinajstić information content (AvgIpc) is 2.70. The van der Waals surface area contributed by atoms with Gasteiger partial charge in [-0.25, -0.2) is 15.0 Å². The quantitative estimate of drug-likeness (QED) is 0.518. The van der Waals surface area contributed by atoms with Crippen LogP contribution in [0.25, 0.3) is 11.2 Å². The zero-order valence-electron chi connectivity index (χ0n) is 8.57. The van der Waals surface area contributed by atoms with E-state index in [4.69, 9.17) is 0 Å². The molecular weight excluding hydrogens is 248 g/mol. The standard InChI is InChI=1S/C8H10N4S3/c1-13-6-4-5(10-7(9-4)14-2)11-8(12-6)15-3/h1-3H3,(H,9,10,11,12). The Morgan fingerprint density at radius 3 is 2.33 bits per heavy atom. The molecule has 2 aromatic rings. The first-order chi connectivity index (χ1) is 7.28. The molecule has 0 amide bonds. The van der Waals surface area contributed by atoms with Gasteiger partial charge in [0.15, 0.2) is 16.0 Å². The minimum atomic E-state index is 0.753. The van der Waals surface area contributed by atoms with Crippen LogP contribution in [0.2, 0.25) is 0 Å². The molecule has 0 fully saturated rings. The Morgan fingerprint density at radius 2 is 1.73 bits per heavy atom. The van der Waals surface area contributed by atoms with Crippen molar-refractivity contribution in [3.63, 3.8) is 0 Å². The highest BCUT2D eigenvalue weighted by molar-refractivity contribution is 7.99. The first kappa shape index (κ1) is 11.1. The van der Waals surface area contributed by atoms with Gasteiger partial charge in [0.2, 0.25) is 0 Å². The number of hydrogen-bond donors (Lipinski definition) is 1. The number of rotatable bonds is 3.